The highest BCUT2D eigenvalue weighted by Gasteiger charge is 2.22. The number of nitriles is 1. The van der Waals surface area contributed by atoms with Gasteiger partial charge in [0.2, 0.25) is 5.91 Å². The zero-order chi connectivity index (χ0) is 11.3. The van der Waals surface area contributed by atoms with Crippen molar-refractivity contribution in [1.29, 1.82) is 5.26 Å². The van der Waals surface area contributed by atoms with Gasteiger partial charge in [0, 0.05) is 27.1 Å². The van der Waals surface area contributed by atoms with Gasteiger partial charge in [-0.15, -0.1) is 0 Å². The van der Waals surface area contributed by atoms with Crippen LogP contribution in [-0.2, 0) is 4.79 Å². The molecule has 84 valence electrons. The Kier molecular flexibility index (Phi) is 4.57. The first-order valence-corrected chi connectivity index (χ1v) is 5.49. The molecule has 1 rings (SSSR count). The lowest BCUT2D eigenvalue weighted by Gasteiger charge is -2.31. The fourth-order valence-corrected chi connectivity index (χ4v) is 1.87. The maximum atomic E-state index is 11.4. The van der Waals surface area contributed by atoms with Gasteiger partial charge in [-0.05, 0) is 25.8 Å². The average Bonchev–Trinajstić information content (AvgIpc) is 2.26. The topological polar surface area (TPSA) is 47.3 Å². The van der Waals surface area contributed by atoms with E-state index in [0.29, 0.717) is 6.42 Å². The Morgan fingerprint density at radius 2 is 2.27 bits per heavy atom. The van der Waals surface area contributed by atoms with Crippen molar-refractivity contribution in [3.63, 3.8) is 0 Å². The average molecular weight is 209 g/mol. The van der Waals surface area contributed by atoms with Crippen LogP contribution in [0.25, 0.3) is 0 Å². The molecule has 0 aliphatic carbocycles. The predicted molar refractivity (Wildman–Crippen MR) is 58.1 cm³/mol. The van der Waals surface area contributed by atoms with Crippen molar-refractivity contribution in [3.8, 4) is 6.07 Å². The van der Waals surface area contributed by atoms with E-state index in [0.717, 1.165) is 32.4 Å². The van der Waals surface area contributed by atoms with E-state index in [4.69, 9.17) is 5.26 Å². The van der Waals surface area contributed by atoms with E-state index in [-0.39, 0.29) is 11.9 Å². The number of hydrogen-bond acceptors (Lipinski definition) is 3. The quantitative estimate of drug-likeness (QED) is 0.692. The Labute approximate surface area is 91.5 Å². The lowest BCUT2D eigenvalue weighted by molar-refractivity contribution is -0.129. The van der Waals surface area contributed by atoms with Crippen molar-refractivity contribution in [3.05, 3.63) is 0 Å². The molecule has 0 radical (unpaired) electrons. The minimum atomic E-state index is 0.0220. The molecule has 0 spiro atoms. The summed E-state index contributed by atoms with van der Waals surface area (Å²) < 4.78 is 0. The van der Waals surface area contributed by atoms with Crippen LogP contribution < -0.4 is 0 Å². The number of carbonyl (C=O) groups is 1. The maximum Gasteiger partial charge on any atom is 0.223 e. The highest BCUT2D eigenvalue weighted by atomic mass is 16.2. The van der Waals surface area contributed by atoms with Crippen LogP contribution >= 0.6 is 0 Å². The molecular weight excluding hydrogens is 190 g/mol. The van der Waals surface area contributed by atoms with Crippen LogP contribution in [0, 0.1) is 11.3 Å². The molecule has 1 heterocycles. The molecule has 0 aromatic rings. The summed E-state index contributed by atoms with van der Waals surface area (Å²) in [5.74, 6) is 0.136. The maximum absolute atomic E-state index is 11.4. The van der Waals surface area contributed by atoms with Gasteiger partial charge >= 0.3 is 0 Å². The lowest BCUT2D eigenvalue weighted by atomic mass is 10.0. The van der Waals surface area contributed by atoms with Crippen LogP contribution in [0.5, 0.6) is 0 Å². The van der Waals surface area contributed by atoms with Crippen molar-refractivity contribution < 1.29 is 4.79 Å². The number of likely N-dealkylation sites (tertiary alicyclic amines) is 1. The monoisotopic (exact) mass is 209 g/mol. The summed E-state index contributed by atoms with van der Waals surface area (Å²) in [4.78, 5) is 15.1. The number of piperidine rings is 1. The van der Waals surface area contributed by atoms with E-state index in [1.165, 1.54) is 0 Å². The molecule has 0 bridgehead atoms. The normalized spacial score (nSPS) is 22.1. The van der Waals surface area contributed by atoms with Crippen molar-refractivity contribution in [2.24, 2.45) is 0 Å². The Balaban J connectivity index is 2.36. The third kappa shape index (κ3) is 3.52. The van der Waals surface area contributed by atoms with Crippen LogP contribution in [0.1, 0.15) is 25.7 Å². The molecule has 1 atom stereocenters. The van der Waals surface area contributed by atoms with Crippen LogP contribution in [0.15, 0.2) is 0 Å². The van der Waals surface area contributed by atoms with Gasteiger partial charge in [0.15, 0.2) is 0 Å². The van der Waals surface area contributed by atoms with Crippen LogP contribution in [0.4, 0.5) is 0 Å². The van der Waals surface area contributed by atoms with Gasteiger partial charge in [-0.3, -0.25) is 9.69 Å². The van der Waals surface area contributed by atoms with Crippen LogP contribution in [0.3, 0.4) is 0 Å². The largest absolute Gasteiger partial charge is 0.349 e. The molecule has 15 heavy (non-hydrogen) atoms. The Morgan fingerprint density at radius 1 is 1.53 bits per heavy atom. The van der Waals surface area contributed by atoms with Gasteiger partial charge in [0.25, 0.3) is 0 Å². The van der Waals surface area contributed by atoms with Gasteiger partial charge < -0.3 is 4.90 Å². The van der Waals surface area contributed by atoms with Gasteiger partial charge in [-0.25, -0.2) is 0 Å². The summed E-state index contributed by atoms with van der Waals surface area (Å²) in [6.45, 7) is 1.67. The summed E-state index contributed by atoms with van der Waals surface area (Å²) in [5.41, 5.74) is 0. The fourth-order valence-electron chi connectivity index (χ4n) is 1.87. The Hall–Kier alpha value is -1.08. The number of amides is 1. The van der Waals surface area contributed by atoms with E-state index in [1.54, 1.807) is 19.0 Å². The standard InChI is InChI=1S/C11H19N3O/c1-13(2)11(15)6-8-14-7-4-3-5-10(14)9-12/h10H,3-8H2,1-2H3. The van der Waals surface area contributed by atoms with E-state index in [9.17, 15) is 4.79 Å². The van der Waals surface area contributed by atoms with Crippen molar-refractivity contribution >= 4 is 5.91 Å². The molecule has 1 saturated heterocycles. The molecule has 0 saturated carbocycles. The molecule has 4 heteroatoms. The summed E-state index contributed by atoms with van der Waals surface area (Å²) in [6.07, 6.45) is 3.75. The van der Waals surface area contributed by atoms with Crippen LogP contribution in [-0.4, -0.2) is 48.9 Å². The van der Waals surface area contributed by atoms with Gasteiger partial charge in [-0.2, -0.15) is 5.26 Å². The first-order chi connectivity index (χ1) is 7.15. The number of carbonyl (C=O) groups excluding carboxylic acids is 1. The molecule has 1 aliphatic rings. The SMILES string of the molecule is CN(C)C(=O)CCN1CCCCC1C#N. The Bertz CT molecular complexity index is 257. The fraction of sp³-hybridized carbons (Fsp3) is 0.818. The molecule has 1 fully saturated rings. The second-order valence-corrected chi connectivity index (χ2v) is 4.21. The third-order valence-electron chi connectivity index (χ3n) is 2.87. The molecule has 0 aromatic heterocycles. The summed E-state index contributed by atoms with van der Waals surface area (Å²) >= 11 is 0. The zero-order valence-electron chi connectivity index (χ0n) is 9.57. The molecule has 1 amide bonds. The first-order valence-electron chi connectivity index (χ1n) is 5.49. The summed E-state index contributed by atoms with van der Waals surface area (Å²) in [5, 5.41) is 8.95. The number of nitrogens with zero attached hydrogens (tertiary/aromatic N) is 3. The van der Waals surface area contributed by atoms with Gasteiger partial charge in [0.1, 0.15) is 0 Å². The summed E-state index contributed by atoms with van der Waals surface area (Å²) in [6, 6.07) is 2.33. The lowest BCUT2D eigenvalue weighted by Crippen LogP contribution is -2.40. The van der Waals surface area contributed by atoms with E-state index in [1.807, 2.05) is 0 Å². The number of hydrogen-bond donors (Lipinski definition) is 0. The first kappa shape index (κ1) is 12.0. The van der Waals surface area contributed by atoms with Gasteiger partial charge in [-0.1, -0.05) is 0 Å². The molecule has 1 unspecified atom stereocenters. The van der Waals surface area contributed by atoms with E-state index in [2.05, 4.69) is 11.0 Å². The van der Waals surface area contributed by atoms with Gasteiger partial charge in [0.05, 0.1) is 12.1 Å². The van der Waals surface area contributed by atoms with Crippen molar-refractivity contribution in [2.45, 2.75) is 31.7 Å². The Morgan fingerprint density at radius 3 is 2.87 bits per heavy atom. The smallest absolute Gasteiger partial charge is 0.223 e. The zero-order valence-corrected chi connectivity index (χ0v) is 9.57. The minimum absolute atomic E-state index is 0.0220. The van der Waals surface area contributed by atoms with E-state index >= 15 is 0 Å². The second-order valence-electron chi connectivity index (χ2n) is 4.21. The highest BCUT2D eigenvalue weighted by molar-refractivity contribution is 5.75. The number of rotatable bonds is 3. The van der Waals surface area contributed by atoms with Crippen molar-refractivity contribution in [1.82, 2.24) is 9.80 Å². The second kappa shape index (κ2) is 5.72. The van der Waals surface area contributed by atoms with Crippen molar-refractivity contribution in [2.75, 3.05) is 27.2 Å². The molecular formula is C11H19N3O. The third-order valence-corrected chi connectivity index (χ3v) is 2.87. The van der Waals surface area contributed by atoms with E-state index < -0.39 is 0 Å². The molecule has 1 aliphatic heterocycles. The molecule has 0 N–H and O–H groups in total. The highest BCUT2D eigenvalue weighted by Crippen LogP contribution is 2.16. The predicted octanol–water partition coefficient (Wildman–Crippen LogP) is 0.843. The van der Waals surface area contributed by atoms with Crippen LogP contribution in [0.2, 0.25) is 0 Å². The molecule has 0 aromatic carbocycles. The molecule has 4 nitrogen and oxygen atoms in total. The minimum Gasteiger partial charge on any atom is -0.349 e. The summed E-state index contributed by atoms with van der Waals surface area (Å²) in [7, 11) is 3.53.